The number of carbonyl (C=O) groups excluding carboxylic acids is 1. The Labute approximate surface area is 137 Å². The molecule has 0 aliphatic carbocycles. The minimum Gasteiger partial charge on any atom is -0.478 e. The van der Waals surface area contributed by atoms with Gasteiger partial charge in [-0.15, -0.1) is 0 Å². The third-order valence-corrected chi connectivity index (χ3v) is 3.58. The van der Waals surface area contributed by atoms with Gasteiger partial charge in [0.2, 0.25) is 11.8 Å². The molecule has 128 valence electrons. The number of carbonyl (C=O) groups is 1. The van der Waals surface area contributed by atoms with Crippen molar-refractivity contribution in [1.29, 1.82) is 0 Å². The lowest BCUT2D eigenvalue weighted by Crippen LogP contribution is -2.42. The summed E-state index contributed by atoms with van der Waals surface area (Å²) in [5, 5.41) is 0. The molecular weight excluding hydrogens is 296 g/mol. The van der Waals surface area contributed by atoms with Crippen molar-refractivity contribution in [3.05, 3.63) is 12.3 Å². The number of hydrogen-bond acceptors (Lipinski definition) is 6. The fraction of sp³-hybridized carbons (Fsp3) is 0.688. The number of nitrogens with zero attached hydrogens (tertiary/aromatic N) is 4. The summed E-state index contributed by atoms with van der Waals surface area (Å²) >= 11 is 0. The summed E-state index contributed by atoms with van der Waals surface area (Å²) in [6.45, 7) is 9.58. The fourth-order valence-corrected chi connectivity index (χ4v) is 2.44. The van der Waals surface area contributed by atoms with Gasteiger partial charge in [-0.2, -0.15) is 4.98 Å². The minimum absolute atomic E-state index is 0.0872. The Kier molecular flexibility index (Phi) is 5.28. The van der Waals surface area contributed by atoms with Gasteiger partial charge >= 0.3 is 6.09 Å². The van der Waals surface area contributed by atoms with Crippen LogP contribution in [0.5, 0.6) is 5.88 Å². The molecule has 1 fully saturated rings. The Balaban J connectivity index is 1.98. The van der Waals surface area contributed by atoms with Crippen molar-refractivity contribution in [2.24, 2.45) is 0 Å². The van der Waals surface area contributed by atoms with Crippen molar-refractivity contribution in [2.75, 3.05) is 31.6 Å². The summed E-state index contributed by atoms with van der Waals surface area (Å²) in [5.41, 5.74) is -0.488. The molecule has 7 nitrogen and oxygen atoms in total. The number of likely N-dealkylation sites (N-methyl/N-ethyl adjacent to an activating group) is 1. The predicted molar refractivity (Wildman–Crippen MR) is 87.8 cm³/mol. The van der Waals surface area contributed by atoms with Crippen LogP contribution in [0.4, 0.5) is 10.7 Å². The first kappa shape index (κ1) is 17.3. The molecule has 0 aromatic carbocycles. The normalized spacial score (nSPS) is 18.0. The molecule has 0 radical (unpaired) electrons. The van der Waals surface area contributed by atoms with Gasteiger partial charge in [0.15, 0.2) is 0 Å². The molecule has 0 saturated carbocycles. The standard InChI is InChI=1S/C16H26N4O3/c1-6-22-13-7-9-17-14(18-13)20-10-8-12(11-20)19(5)15(21)23-16(2,3)4/h7,9,12H,6,8,10-11H2,1-5H3/t12-/m1/s1. The first-order valence-electron chi connectivity index (χ1n) is 7.96. The van der Waals surface area contributed by atoms with Crippen LogP contribution in [0.25, 0.3) is 0 Å². The molecule has 1 aliphatic heterocycles. The molecule has 0 N–H and O–H groups in total. The topological polar surface area (TPSA) is 67.8 Å². The van der Waals surface area contributed by atoms with E-state index >= 15 is 0 Å². The molecule has 1 aromatic rings. The average molecular weight is 322 g/mol. The molecule has 0 bridgehead atoms. The molecule has 7 heteroatoms. The van der Waals surface area contributed by atoms with E-state index in [4.69, 9.17) is 9.47 Å². The summed E-state index contributed by atoms with van der Waals surface area (Å²) in [7, 11) is 1.78. The van der Waals surface area contributed by atoms with Crippen molar-refractivity contribution in [3.8, 4) is 5.88 Å². The van der Waals surface area contributed by atoms with E-state index in [1.807, 2.05) is 27.7 Å². The minimum atomic E-state index is -0.488. The van der Waals surface area contributed by atoms with Gasteiger partial charge in [0.25, 0.3) is 0 Å². The van der Waals surface area contributed by atoms with Crippen LogP contribution in [0.3, 0.4) is 0 Å². The van der Waals surface area contributed by atoms with Crippen LogP contribution in [0, 0.1) is 0 Å². The van der Waals surface area contributed by atoms with E-state index in [9.17, 15) is 4.79 Å². The molecule has 1 aromatic heterocycles. The Morgan fingerprint density at radius 1 is 1.48 bits per heavy atom. The first-order chi connectivity index (χ1) is 10.8. The maximum Gasteiger partial charge on any atom is 0.410 e. The second-order valence-corrected chi connectivity index (χ2v) is 6.61. The van der Waals surface area contributed by atoms with E-state index in [2.05, 4.69) is 14.9 Å². The molecule has 1 saturated heterocycles. The number of ether oxygens (including phenoxy) is 2. The molecule has 23 heavy (non-hydrogen) atoms. The monoisotopic (exact) mass is 322 g/mol. The van der Waals surface area contributed by atoms with Crippen LogP contribution < -0.4 is 9.64 Å². The number of amides is 1. The predicted octanol–water partition coefficient (Wildman–Crippen LogP) is 2.32. The van der Waals surface area contributed by atoms with E-state index < -0.39 is 5.60 Å². The van der Waals surface area contributed by atoms with E-state index in [1.165, 1.54) is 0 Å². The summed E-state index contributed by atoms with van der Waals surface area (Å²) in [5.74, 6) is 1.21. The molecule has 1 atom stereocenters. The molecule has 1 aliphatic rings. The maximum atomic E-state index is 12.2. The highest BCUT2D eigenvalue weighted by Gasteiger charge is 2.32. The van der Waals surface area contributed by atoms with Gasteiger partial charge < -0.3 is 19.3 Å². The van der Waals surface area contributed by atoms with Crippen molar-refractivity contribution in [2.45, 2.75) is 45.8 Å². The van der Waals surface area contributed by atoms with E-state index in [0.717, 1.165) is 13.0 Å². The summed E-state index contributed by atoms with van der Waals surface area (Å²) in [4.78, 5) is 24.6. The van der Waals surface area contributed by atoms with E-state index in [-0.39, 0.29) is 12.1 Å². The van der Waals surface area contributed by atoms with Gasteiger partial charge in [0.1, 0.15) is 5.60 Å². The summed E-state index contributed by atoms with van der Waals surface area (Å²) in [6.07, 6.45) is 2.25. The molecule has 1 amide bonds. The first-order valence-corrected chi connectivity index (χ1v) is 7.96. The smallest absolute Gasteiger partial charge is 0.410 e. The highest BCUT2D eigenvalue weighted by Crippen LogP contribution is 2.22. The molecular formula is C16H26N4O3. The highest BCUT2D eigenvalue weighted by molar-refractivity contribution is 5.68. The largest absolute Gasteiger partial charge is 0.478 e. The number of rotatable bonds is 4. The van der Waals surface area contributed by atoms with Crippen LogP contribution in [-0.2, 0) is 4.74 Å². The van der Waals surface area contributed by atoms with Crippen molar-refractivity contribution >= 4 is 12.0 Å². The van der Waals surface area contributed by atoms with Gasteiger partial charge in [-0.1, -0.05) is 0 Å². The lowest BCUT2D eigenvalue weighted by molar-refractivity contribution is 0.0238. The fourth-order valence-electron chi connectivity index (χ4n) is 2.44. The quantitative estimate of drug-likeness (QED) is 0.847. The molecule has 0 unspecified atom stereocenters. The average Bonchev–Trinajstić information content (AvgIpc) is 2.95. The van der Waals surface area contributed by atoms with Crippen LogP contribution in [0.2, 0.25) is 0 Å². The Hall–Kier alpha value is -2.05. The lowest BCUT2D eigenvalue weighted by Gasteiger charge is -2.28. The zero-order valence-electron chi connectivity index (χ0n) is 14.6. The number of aromatic nitrogens is 2. The van der Waals surface area contributed by atoms with Gasteiger partial charge in [-0.3, -0.25) is 0 Å². The zero-order chi connectivity index (χ0) is 17.0. The summed E-state index contributed by atoms with van der Waals surface area (Å²) in [6, 6.07) is 1.83. The van der Waals surface area contributed by atoms with Crippen LogP contribution in [0.1, 0.15) is 34.1 Å². The van der Waals surface area contributed by atoms with Crippen molar-refractivity contribution < 1.29 is 14.3 Å². The highest BCUT2D eigenvalue weighted by atomic mass is 16.6. The van der Waals surface area contributed by atoms with Gasteiger partial charge in [-0.25, -0.2) is 9.78 Å². The molecule has 2 rings (SSSR count). The van der Waals surface area contributed by atoms with Gasteiger partial charge in [-0.05, 0) is 34.1 Å². The molecule has 0 spiro atoms. The number of anilines is 1. The Bertz CT molecular complexity index is 544. The van der Waals surface area contributed by atoms with Crippen LogP contribution in [-0.4, -0.2) is 59.3 Å². The third-order valence-electron chi connectivity index (χ3n) is 3.58. The molecule has 2 heterocycles. The number of hydrogen-bond donors (Lipinski definition) is 0. The second-order valence-electron chi connectivity index (χ2n) is 6.61. The van der Waals surface area contributed by atoms with Gasteiger partial charge in [0, 0.05) is 32.4 Å². The Morgan fingerprint density at radius 3 is 2.87 bits per heavy atom. The van der Waals surface area contributed by atoms with Gasteiger partial charge in [0.05, 0.1) is 12.6 Å². The SMILES string of the molecule is CCOc1ccnc(N2CC[C@@H](N(C)C(=O)OC(C)(C)C)C2)n1. The van der Waals surface area contributed by atoms with E-state index in [0.29, 0.717) is 25.0 Å². The Morgan fingerprint density at radius 2 is 2.22 bits per heavy atom. The maximum absolute atomic E-state index is 12.2. The lowest BCUT2D eigenvalue weighted by atomic mass is 10.2. The summed E-state index contributed by atoms with van der Waals surface area (Å²) < 4.78 is 10.8. The van der Waals surface area contributed by atoms with Crippen LogP contribution >= 0.6 is 0 Å². The second kappa shape index (κ2) is 7.02. The van der Waals surface area contributed by atoms with Crippen molar-refractivity contribution in [3.63, 3.8) is 0 Å². The zero-order valence-corrected chi connectivity index (χ0v) is 14.6. The van der Waals surface area contributed by atoms with Crippen LogP contribution in [0.15, 0.2) is 12.3 Å². The third kappa shape index (κ3) is 4.71. The van der Waals surface area contributed by atoms with E-state index in [1.54, 1.807) is 24.2 Å². The van der Waals surface area contributed by atoms with Crippen molar-refractivity contribution in [1.82, 2.24) is 14.9 Å².